The smallest absolute Gasteiger partial charge is 0.271 e. The van der Waals surface area contributed by atoms with E-state index in [0.29, 0.717) is 16.9 Å². The molecule has 3 rings (SSSR count). The number of aryl methyl sites for hydroxylation is 2. The summed E-state index contributed by atoms with van der Waals surface area (Å²) in [4.78, 5) is 4.27. The van der Waals surface area contributed by atoms with Gasteiger partial charge in [0.2, 0.25) is 5.16 Å². The molecule has 0 spiro atoms. The number of pyridine rings is 1. The van der Waals surface area contributed by atoms with E-state index in [2.05, 4.69) is 20.3 Å². The zero-order valence-electron chi connectivity index (χ0n) is 11.8. The molecule has 0 saturated heterocycles. The molecule has 7 nitrogen and oxygen atoms in total. The lowest BCUT2D eigenvalue weighted by atomic mass is 10.4. The van der Waals surface area contributed by atoms with Crippen molar-refractivity contribution in [2.75, 3.05) is 5.84 Å². The number of nitrogens with zero attached hydrogens (tertiary/aromatic N) is 6. The van der Waals surface area contributed by atoms with Gasteiger partial charge in [-0.25, -0.2) is 9.36 Å². The second-order valence-electron chi connectivity index (χ2n) is 4.60. The Bertz CT molecular complexity index is 747. The Hall–Kier alpha value is -2.35. The van der Waals surface area contributed by atoms with Crippen molar-refractivity contribution in [3.8, 4) is 5.95 Å². The number of thioether (sulfide) groups is 1. The molecule has 0 unspecified atom stereocenters. The minimum absolute atomic E-state index is 0.504. The molecule has 21 heavy (non-hydrogen) atoms. The van der Waals surface area contributed by atoms with E-state index < -0.39 is 0 Å². The second kappa shape index (κ2) is 5.57. The van der Waals surface area contributed by atoms with E-state index in [0.717, 1.165) is 17.1 Å². The Morgan fingerprint density at radius 3 is 2.76 bits per heavy atom. The standard InChI is InChI=1S/C13H15N7S/c1-9-7-10(2)20(18-9)12-16-17-13(19(12)14)21-8-11-5-3-4-6-15-11/h3-7H,8,14H2,1-2H3. The van der Waals surface area contributed by atoms with Crippen LogP contribution in [0, 0.1) is 13.8 Å². The van der Waals surface area contributed by atoms with Gasteiger partial charge in [0, 0.05) is 17.6 Å². The van der Waals surface area contributed by atoms with Crippen LogP contribution in [0.15, 0.2) is 35.6 Å². The van der Waals surface area contributed by atoms with Gasteiger partial charge in [0.1, 0.15) is 0 Å². The average Bonchev–Trinajstić information content (AvgIpc) is 3.00. The zero-order valence-corrected chi connectivity index (χ0v) is 12.6. The number of nitrogens with two attached hydrogens (primary N) is 1. The monoisotopic (exact) mass is 301 g/mol. The van der Waals surface area contributed by atoms with E-state index in [1.165, 1.54) is 16.4 Å². The van der Waals surface area contributed by atoms with E-state index in [-0.39, 0.29) is 0 Å². The fraction of sp³-hybridized carbons (Fsp3) is 0.231. The Kier molecular flexibility index (Phi) is 3.61. The molecule has 0 aliphatic heterocycles. The molecule has 0 saturated carbocycles. The first-order valence-corrected chi connectivity index (χ1v) is 7.40. The van der Waals surface area contributed by atoms with Crippen molar-refractivity contribution in [2.45, 2.75) is 24.8 Å². The normalized spacial score (nSPS) is 11.0. The summed E-state index contributed by atoms with van der Waals surface area (Å²) in [7, 11) is 0. The van der Waals surface area contributed by atoms with Crippen LogP contribution in [0.2, 0.25) is 0 Å². The van der Waals surface area contributed by atoms with Crippen LogP contribution in [0.25, 0.3) is 5.95 Å². The predicted octanol–water partition coefficient (Wildman–Crippen LogP) is 1.48. The second-order valence-corrected chi connectivity index (χ2v) is 5.54. The first kappa shape index (κ1) is 13.6. The van der Waals surface area contributed by atoms with Crippen LogP contribution in [0.4, 0.5) is 0 Å². The molecule has 2 N–H and O–H groups in total. The largest absolute Gasteiger partial charge is 0.334 e. The molecule has 0 aliphatic carbocycles. The molecule has 108 valence electrons. The van der Waals surface area contributed by atoms with Gasteiger partial charge in [-0.2, -0.15) is 5.10 Å². The summed E-state index contributed by atoms with van der Waals surface area (Å²) in [5.74, 6) is 7.26. The summed E-state index contributed by atoms with van der Waals surface area (Å²) in [6.45, 7) is 3.88. The molecular weight excluding hydrogens is 286 g/mol. The van der Waals surface area contributed by atoms with Crippen molar-refractivity contribution in [3.63, 3.8) is 0 Å². The fourth-order valence-electron chi connectivity index (χ4n) is 1.97. The molecule has 0 bridgehead atoms. The number of aromatic nitrogens is 6. The first-order valence-electron chi connectivity index (χ1n) is 6.42. The highest BCUT2D eigenvalue weighted by Crippen LogP contribution is 2.20. The maximum Gasteiger partial charge on any atom is 0.271 e. The fourth-order valence-corrected chi connectivity index (χ4v) is 2.73. The Morgan fingerprint density at radius 2 is 2.10 bits per heavy atom. The third kappa shape index (κ3) is 2.75. The number of hydrogen-bond acceptors (Lipinski definition) is 6. The first-order chi connectivity index (χ1) is 10.1. The van der Waals surface area contributed by atoms with Crippen molar-refractivity contribution in [1.82, 2.24) is 29.6 Å². The molecule has 0 fully saturated rings. The zero-order chi connectivity index (χ0) is 14.8. The van der Waals surface area contributed by atoms with E-state index in [9.17, 15) is 0 Å². The summed E-state index contributed by atoms with van der Waals surface area (Å²) in [5.41, 5.74) is 2.85. The number of hydrogen-bond donors (Lipinski definition) is 1. The van der Waals surface area contributed by atoms with Crippen LogP contribution in [0.3, 0.4) is 0 Å². The Labute approximate surface area is 126 Å². The molecule has 0 aromatic carbocycles. The number of rotatable bonds is 4. The van der Waals surface area contributed by atoms with Crippen molar-refractivity contribution in [3.05, 3.63) is 47.5 Å². The summed E-state index contributed by atoms with van der Waals surface area (Å²) >= 11 is 1.49. The van der Waals surface area contributed by atoms with Gasteiger partial charge in [-0.3, -0.25) is 4.98 Å². The van der Waals surface area contributed by atoms with E-state index in [1.54, 1.807) is 10.9 Å². The van der Waals surface area contributed by atoms with Crippen LogP contribution in [0.1, 0.15) is 17.1 Å². The quantitative estimate of drug-likeness (QED) is 0.580. The third-order valence-electron chi connectivity index (χ3n) is 2.92. The molecule has 3 aromatic rings. The molecule has 0 radical (unpaired) electrons. The third-order valence-corrected chi connectivity index (χ3v) is 3.90. The van der Waals surface area contributed by atoms with E-state index >= 15 is 0 Å². The molecular formula is C13H15N7S. The van der Waals surface area contributed by atoms with Crippen molar-refractivity contribution in [2.24, 2.45) is 0 Å². The summed E-state index contributed by atoms with van der Waals surface area (Å²) in [6, 6.07) is 7.78. The minimum atomic E-state index is 0.504. The van der Waals surface area contributed by atoms with Gasteiger partial charge >= 0.3 is 0 Å². The Morgan fingerprint density at radius 1 is 1.24 bits per heavy atom. The van der Waals surface area contributed by atoms with Gasteiger partial charge in [-0.1, -0.05) is 17.8 Å². The van der Waals surface area contributed by atoms with Crippen LogP contribution in [-0.4, -0.2) is 29.6 Å². The van der Waals surface area contributed by atoms with E-state index in [4.69, 9.17) is 5.84 Å². The van der Waals surface area contributed by atoms with Gasteiger partial charge in [0.15, 0.2) is 0 Å². The summed E-state index contributed by atoms with van der Waals surface area (Å²) in [5, 5.41) is 13.2. The topological polar surface area (TPSA) is 87.4 Å². The van der Waals surface area contributed by atoms with Gasteiger partial charge in [-0.05, 0) is 32.0 Å². The van der Waals surface area contributed by atoms with Crippen LogP contribution in [0.5, 0.6) is 0 Å². The van der Waals surface area contributed by atoms with E-state index in [1.807, 2.05) is 38.1 Å². The highest BCUT2D eigenvalue weighted by molar-refractivity contribution is 7.98. The van der Waals surface area contributed by atoms with Gasteiger partial charge in [0.25, 0.3) is 5.95 Å². The molecule has 0 aliphatic rings. The van der Waals surface area contributed by atoms with Crippen LogP contribution in [-0.2, 0) is 5.75 Å². The SMILES string of the molecule is Cc1cc(C)n(-c2nnc(SCc3ccccn3)n2N)n1. The number of nitrogen functional groups attached to an aromatic ring is 1. The highest BCUT2D eigenvalue weighted by Gasteiger charge is 2.14. The molecule has 0 amide bonds. The van der Waals surface area contributed by atoms with Gasteiger partial charge in [0.05, 0.1) is 11.4 Å². The van der Waals surface area contributed by atoms with Crippen LogP contribution >= 0.6 is 11.8 Å². The minimum Gasteiger partial charge on any atom is -0.334 e. The molecule has 3 aromatic heterocycles. The lowest BCUT2D eigenvalue weighted by Crippen LogP contribution is -2.17. The lowest BCUT2D eigenvalue weighted by Gasteiger charge is -2.04. The van der Waals surface area contributed by atoms with Gasteiger partial charge in [-0.15, -0.1) is 10.2 Å². The summed E-state index contributed by atoms with van der Waals surface area (Å²) < 4.78 is 3.14. The molecule has 0 atom stereocenters. The van der Waals surface area contributed by atoms with Gasteiger partial charge < -0.3 is 5.84 Å². The van der Waals surface area contributed by atoms with Crippen molar-refractivity contribution in [1.29, 1.82) is 0 Å². The maximum absolute atomic E-state index is 6.07. The van der Waals surface area contributed by atoms with Crippen molar-refractivity contribution >= 4 is 11.8 Å². The average molecular weight is 301 g/mol. The summed E-state index contributed by atoms with van der Waals surface area (Å²) in [6.07, 6.45) is 1.77. The molecule has 8 heteroatoms. The maximum atomic E-state index is 6.07. The highest BCUT2D eigenvalue weighted by atomic mass is 32.2. The Balaban J connectivity index is 1.81. The predicted molar refractivity (Wildman–Crippen MR) is 80.6 cm³/mol. The molecule has 3 heterocycles. The van der Waals surface area contributed by atoms with Crippen molar-refractivity contribution < 1.29 is 0 Å². The van der Waals surface area contributed by atoms with Crippen LogP contribution < -0.4 is 5.84 Å². The lowest BCUT2D eigenvalue weighted by molar-refractivity contribution is 0.727.